The van der Waals surface area contributed by atoms with Crippen LogP contribution in [0.3, 0.4) is 0 Å². The van der Waals surface area contributed by atoms with Gasteiger partial charge in [0.25, 0.3) is 15.9 Å². The molecular formula is C22H18ClN3O3S2. The fourth-order valence-corrected chi connectivity index (χ4v) is 5.49. The third kappa shape index (κ3) is 4.27. The second kappa shape index (κ2) is 8.30. The highest BCUT2D eigenvalue weighted by molar-refractivity contribution is 7.92. The SMILES string of the molecule is Cc1c(Cl)ccc2sc(=NC(=O)c3cccc(NS(=O)(=O)c4ccccc4)c3)n(C)c12. The zero-order valence-corrected chi connectivity index (χ0v) is 19.1. The van der Waals surface area contributed by atoms with Gasteiger partial charge in [-0.1, -0.05) is 47.2 Å². The average Bonchev–Trinajstić information content (AvgIpc) is 3.07. The van der Waals surface area contributed by atoms with Crippen LogP contribution in [0.4, 0.5) is 5.69 Å². The first-order chi connectivity index (χ1) is 14.8. The highest BCUT2D eigenvalue weighted by Gasteiger charge is 2.15. The Morgan fingerprint density at radius 3 is 2.55 bits per heavy atom. The van der Waals surface area contributed by atoms with Crippen LogP contribution < -0.4 is 9.52 Å². The van der Waals surface area contributed by atoms with Gasteiger partial charge in [-0.25, -0.2) is 8.42 Å². The van der Waals surface area contributed by atoms with Gasteiger partial charge in [-0.15, -0.1) is 0 Å². The van der Waals surface area contributed by atoms with Crippen LogP contribution in [0.15, 0.2) is 76.6 Å². The van der Waals surface area contributed by atoms with Crippen molar-refractivity contribution in [2.45, 2.75) is 11.8 Å². The number of amides is 1. The first-order valence-electron chi connectivity index (χ1n) is 9.28. The lowest BCUT2D eigenvalue weighted by atomic mass is 10.2. The molecule has 9 heteroatoms. The molecule has 0 saturated carbocycles. The van der Waals surface area contributed by atoms with Crippen molar-refractivity contribution in [3.05, 3.63) is 87.7 Å². The van der Waals surface area contributed by atoms with Gasteiger partial charge in [0.15, 0.2) is 4.80 Å². The number of hydrogen-bond donors (Lipinski definition) is 1. The largest absolute Gasteiger partial charge is 0.319 e. The zero-order valence-electron chi connectivity index (χ0n) is 16.7. The quantitative estimate of drug-likeness (QED) is 0.466. The van der Waals surface area contributed by atoms with Gasteiger partial charge in [0, 0.05) is 23.3 Å². The molecule has 0 aliphatic rings. The molecule has 0 aliphatic heterocycles. The molecule has 1 aromatic heterocycles. The maximum absolute atomic E-state index is 12.8. The van der Waals surface area contributed by atoms with Gasteiger partial charge in [0.1, 0.15) is 0 Å². The Bertz CT molecular complexity index is 1470. The zero-order chi connectivity index (χ0) is 22.2. The predicted octanol–water partition coefficient (Wildman–Crippen LogP) is 4.74. The van der Waals surface area contributed by atoms with Crippen molar-refractivity contribution >= 4 is 54.8 Å². The van der Waals surface area contributed by atoms with Gasteiger partial charge >= 0.3 is 0 Å². The number of benzene rings is 3. The van der Waals surface area contributed by atoms with Crippen LogP contribution in [0.5, 0.6) is 0 Å². The molecule has 4 rings (SSSR count). The number of carbonyl (C=O) groups excluding carboxylic acids is 1. The minimum Gasteiger partial charge on any atom is -0.319 e. The number of hydrogen-bond acceptors (Lipinski definition) is 4. The van der Waals surface area contributed by atoms with Gasteiger partial charge in [0.05, 0.1) is 15.1 Å². The van der Waals surface area contributed by atoms with E-state index in [0.717, 1.165) is 15.8 Å². The molecule has 0 saturated heterocycles. The maximum Gasteiger partial charge on any atom is 0.279 e. The summed E-state index contributed by atoms with van der Waals surface area (Å²) in [6, 6.07) is 18.0. The van der Waals surface area contributed by atoms with E-state index in [1.54, 1.807) is 36.4 Å². The second-order valence-electron chi connectivity index (χ2n) is 6.88. The first kappa shape index (κ1) is 21.3. The fourth-order valence-electron chi connectivity index (χ4n) is 3.19. The second-order valence-corrected chi connectivity index (χ2v) is 9.98. The molecule has 3 aromatic carbocycles. The smallest absolute Gasteiger partial charge is 0.279 e. The molecule has 1 heterocycles. The number of aryl methyl sites for hydroxylation is 2. The van der Waals surface area contributed by atoms with Crippen molar-refractivity contribution < 1.29 is 13.2 Å². The van der Waals surface area contributed by atoms with E-state index in [2.05, 4.69) is 9.71 Å². The molecule has 0 aliphatic carbocycles. The summed E-state index contributed by atoms with van der Waals surface area (Å²) in [6.45, 7) is 1.92. The molecule has 0 unspecified atom stereocenters. The number of carbonyl (C=O) groups is 1. The summed E-state index contributed by atoms with van der Waals surface area (Å²) >= 11 is 7.61. The van der Waals surface area contributed by atoms with Crippen molar-refractivity contribution in [1.82, 2.24) is 4.57 Å². The number of thiazole rings is 1. The normalized spacial score (nSPS) is 12.3. The van der Waals surface area contributed by atoms with Crippen LogP contribution in [0.1, 0.15) is 15.9 Å². The Morgan fingerprint density at radius 2 is 1.81 bits per heavy atom. The highest BCUT2D eigenvalue weighted by atomic mass is 35.5. The molecule has 31 heavy (non-hydrogen) atoms. The number of nitrogens with zero attached hydrogens (tertiary/aromatic N) is 2. The van der Waals surface area contributed by atoms with Gasteiger partial charge in [-0.05, 0) is 55.0 Å². The summed E-state index contributed by atoms with van der Waals surface area (Å²) in [7, 11) is -1.92. The van der Waals surface area contributed by atoms with Gasteiger partial charge < -0.3 is 4.57 Å². The molecular weight excluding hydrogens is 454 g/mol. The maximum atomic E-state index is 12.8. The van der Waals surface area contributed by atoms with Crippen LogP contribution in [-0.2, 0) is 17.1 Å². The summed E-state index contributed by atoms with van der Waals surface area (Å²) in [5.41, 5.74) is 2.41. The van der Waals surface area contributed by atoms with E-state index in [0.29, 0.717) is 9.82 Å². The summed E-state index contributed by atoms with van der Waals surface area (Å²) in [6.07, 6.45) is 0. The van der Waals surface area contributed by atoms with Crippen LogP contribution in [-0.4, -0.2) is 18.9 Å². The number of anilines is 1. The monoisotopic (exact) mass is 471 g/mol. The lowest BCUT2D eigenvalue weighted by molar-refractivity contribution is 0.0998. The van der Waals surface area contributed by atoms with E-state index >= 15 is 0 Å². The average molecular weight is 472 g/mol. The number of nitrogens with one attached hydrogen (secondary N) is 1. The van der Waals surface area contributed by atoms with Crippen molar-refractivity contribution in [3.63, 3.8) is 0 Å². The number of aromatic nitrogens is 1. The Labute approximate surface area is 188 Å². The molecule has 1 N–H and O–H groups in total. The molecule has 158 valence electrons. The van der Waals surface area contributed by atoms with E-state index in [4.69, 9.17) is 11.6 Å². The minimum absolute atomic E-state index is 0.141. The van der Waals surface area contributed by atoms with E-state index in [1.165, 1.54) is 29.5 Å². The van der Waals surface area contributed by atoms with Gasteiger partial charge in [-0.3, -0.25) is 9.52 Å². The van der Waals surface area contributed by atoms with Crippen LogP contribution >= 0.6 is 22.9 Å². The fraction of sp³-hybridized carbons (Fsp3) is 0.0909. The molecule has 0 atom stereocenters. The lowest BCUT2D eigenvalue weighted by Crippen LogP contribution is -2.15. The highest BCUT2D eigenvalue weighted by Crippen LogP contribution is 2.26. The summed E-state index contributed by atoms with van der Waals surface area (Å²) in [4.78, 5) is 17.7. The van der Waals surface area contributed by atoms with Crippen LogP contribution in [0, 0.1) is 6.92 Å². The number of sulfonamides is 1. The van der Waals surface area contributed by atoms with Crippen molar-refractivity contribution in [1.29, 1.82) is 0 Å². The van der Waals surface area contributed by atoms with Crippen molar-refractivity contribution in [2.24, 2.45) is 12.0 Å². The first-order valence-corrected chi connectivity index (χ1v) is 12.0. The standard InChI is InChI=1S/C22H18ClN3O3S2/c1-14-18(23)11-12-19-20(14)26(2)22(30-19)24-21(27)15-7-6-8-16(13-15)25-31(28,29)17-9-4-3-5-10-17/h3-13,25H,1-2H3. The Kier molecular flexibility index (Phi) is 5.70. The summed E-state index contributed by atoms with van der Waals surface area (Å²) in [5, 5.41) is 0.650. The summed E-state index contributed by atoms with van der Waals surface area (Å²) < 4.78 is 30.4. The molecule has 0 bridgehead atoms. The molecule has 1 amide bonds. The number of halogens is 1. The van der Waals surface area contributed by atoms with E-state index < -0.39 is 15.9 Å². The Morgan fingerprint density at radius 1 is 1.06 bits per heavy atom. The Hall–Kier alpha value is -2.94. The van der Waals surface area contributed by atoms with Gasteiger partial charge in [-0.2, -0.15) is 4.99 Å². The van der Waals surface area contributed by atoms with E-state index in [1.807, 2.05) is 30.7 Å². The number of rotatable bonds is 4. The van der Waals surface area contributed by atoms with Crippen molar-refractivity contribution in [3.8, 4) is 0 Å². The lowest BCUT2D eigenvalue weighted by Gasteiger charge is -2.08. The van der Waals surface area contributed by atoms with E-state index in [9.17, 15) is 13.2 Å². The molecule has 0 radical (unpaired) electrons. The molecule has 0 spiro atoms. The summed E-state index contributed by atoms with van der Waals surface area (Å²) in [5.74, 6) is -0.466. The topological polar surface area (TPSA) is 80.5 Å². The minimum atomic E-state index is -3.75. The van der Waals surface area contributed by atoms with Crippen molar-refractivity contribution in [2.75, 3.05) is 4.72 Å². The number of fused-ring (bicyclic) bond motifs is 1. The molecule has 0 fully saturated rings. The molecule has 4 aromatic rings. The van der Waals surface area contributed by atoms with Crippen LogP contribution in [0.2, 0.25) is 5.02 Å². The predicted molar refractivity (Wildman–Crippen MR) is 124 cm³/mol. The third-order valence-electron chi connectivity index (χ3n) is 4.76. The van der Waals surface area contributed by atoms with Gasteiger partial charge in [0.2, 0.25) is 0 Å². The molecule has 6 nitrogen and oxygen atoms in total. The Balaban J connectivity index is 1.67. The van der Waals surface area contributed by atoms with E-state index in [-0.39, 0.29) is 16.1 Å². The van der Waals surface area contributed by atoms with Crippen LogP contribution in [0.25, 0.3) is 10.2 Å². The third-order valence-corrected chi connectivity index (χ3v) is 7.67.